The molecule has 7 heteroatoms. The summed E-state index contributed by atoms with van der Waals surface area (Å²) in [5.74, 6) is 7.20. The van der Waals surface area contributed by atoms with Crippen molar-refractivity contribution in [3.05, 3.63) is 229 Å². The molecule has 7 N–H and O–H groups in total. The van der Waals surface area contributed by atoms with Crippen molar-refractivity contribution < 1.29 is 0 Å². The van der Waals surface area contributed by atoms with E-state index in [-0.39, 0.29) is 0 Å². The van der Waals surface area contributed by atoms with E-state index in [9.17, 15) is 0 Å². The van der Waals surface area contributed by atoms with Gasteiger partial charge in [-0.1, -0.05) is 140 Å². The molecule has 0 radical (unpaired) electrons. The van der Waals surface area contributed by atoms with Gasteiger partial charge in [0.25, 0.3) is 0 Å². The summed E-state index contributed by atoms with van der Waals surface area (Å²) in [5.41, 5.74) is 28.7. The predicted molar refractivity (Wildman–Crippen MR) is 272 cm³/mol. The molecule has 0 amide bonds. The largest absolute Gasteiger partial charge is 0.397 e. The zero-order valence-electron chi connectivity index (χ0n) is 35.9. The van der Waals surface area contributed by atoms with Crippen LogP contribution >= 0.6 is 0 Å². The number of rotatable bonds is 7. The first-order valence-corrected chi connectivity index (χ1v) is 21.8. The number of nitrogens with zero attached hydrogens (tertiary/aromatic N) is 3. The van der Waals surface area contributed by atoms with Gasteiger partial charge in [-0.2, -0.15) is 0 Å². The zero-order valence-corrected chi connectivity index (χ0v) is 35.9. The van der Waals surface area contributed by atoms with Crippen molar-refractivity contribution in [1.29, 1.82) is 0 Å². The van der Waals surface area contributed by atoms with E-state index in [0.717, 1.165) is 79.2 Å². The molecule has 11 rings (SSSR count). The lowest BCUT2D eigenvalue weighted by Crippen LogP contribution is -2.32. The molecule has 1 aliphatic rings. The van der Waals surface area contributed by atoms with Crippen molar-refractivity contribution in [2.75, 3.05) is 10.3 Å². The van der Waals surface area contributed by atoms with Gasteiger partial charge >= 0.3 is 0 Å². The van der Waals surface area contributed by atoms with Gasteiger partial charge in [-0.3, -0.25) is 5.01 Å². The van der Waals surface area contributed by atoms with Gasteiger partial charge in [-0.05, 0) is 86.1 Å². The Morgan fingerprint density at radius 1 is 0.469 bits per heavy atom. The summed E-state index contributed by atoms with van der Waals surface area (Å²) in [6.45, 7) is 4.16. The maximum Gasteiger partial charge on any atom is 0.0890 e. The van der Waals surface area contributed by atoms with E-state index in [4.69, 9.17) is 17.3 Å². The second-order valence-electron chi connectivity index (χ2n) is 15.9. The van der Waals surface area contributed by atoms with Crippen molar-refractivity contribution in [3.8, 4) is 11.4 Å². The van der Waals surface area contributed by atoms with Crippen molar-refractivity contribution in [2.45, 2.75) is 20.3 Å². The summed E-state index contributed by atoms with van der Waals surface area (Å²) in [4.78, 5) is 0. The van der Waals surface area contributed by atoms with Crippen LogP contribution in [0.5, 0.6) is 0 Å². The minimum atomic E-state index is 0.527. The van der Waals surface area contributed by atoms with Crippen LogP contribution in [0.25, 0.3) is 77.8 Å². The summed E-state index contributed by atoms with van der Waals surface area (Å²) in [6, 6.07) is 67.1. The number of benzene rings is 8. The van der Waals surface area contributed by atoms with Crippen LogP contribution in [0.3, 0.4) is 0 Å². The van der Waals surface area contributed by atoms with Crippen LogP contribution in [0.15, 0.2) is 206 Å². The van der Waals surface area contributed by atoms with E-state index in [2.05, 4.69) is 191 Å². The molecule has 0 bridgehead atoms. The highest BCUT2D eigenvalue weighted by Crippen LogP contribution is 2.41. The smallest absolute Gasteiger partial charge is 0.0890 e. The quantitative estimate of drug-likeness (QED) is 0.0728. The fourth-order valence-corrected chi connectivity index (χ4v) is 9.17. The molecule has 64 heavy (non-hydrogen) atoms. The average Bonchev–Trinajstić information content (AvgIpc) is 3.87. The van der Waals surface area contributed by atoms with Gasteiger partial charge in [-0.25, -0.2) is 5.84 Å². The molecule has 0 spiro atoms. The number of nitrogens with two attached hydrogens (primary N) is 3. The van der Waals surface area contributed by atoms with Crippen LogP contribution in [0.1, 0.15) is 42.5 Å². The van der Waals surface area contributed by atoms with Crippen LogP contribution in [0.2, 0.25) is 0 Å². The molecule has 8 aromatic carbocycles. The third kappa shape index (κ3) is 6.85. The number of allylic oxidation sites excluding steroid dienone is 2. The van der Waals surface area contributed by atoms with E-state index < -0.39 is 0 Å². The Kier molecular flexibility index (Phi) is 10.5. The molecule has 0 aliphatic heterocycles. The first-order valence-electron chi connectivity index (χ1n) is 21.8. The number of fused-ring (bicyclic) bond motifs is 8. The minimum Gasteiger partial charge on any atom is -0.397 e. The molecule has 2 heterocycles. The highest BCUT2D eigenvalue weighted by molar-refractivity contribution is 6.11. The van der Waals surface area contributed by atoms with Gasteiger partial charge in [0, 0.05) is 60.9 Å². The Bertz CT molecular complexity index is 3330. The normalized spacial score (nSPS) is 14.9. The number of nitrogens with one attached hydrogen (secondary N) is 1. The van der Waals surface area contributed by atoms with Gasteiger partial charge in [0.15, 0.2) is 0 Å². The first-order chi connectivity index (χ1) is 31.5. The number of anilines is 2. The van der Waals surface area contributed by atoms with Crippen LogP contribution in [-0.4, -0.2) is 9.13 Å². The van der Waals surface area contributed by atoms with Crippen LogP contribution in [-0.2, 0) is 0 Å². The average molecular weight is 832 g/mol. The molecule has 7 nitrogen and oxygen atoms in total. The van der Waals surface area contributed by atoms with E-state index in [0.29, 0.717) is 17.1 Å². The Balaban J connectivity index is 0.000000920. The van der Waals surface area contributed by atoms with Crippen molar-refractivity contribution in [3.63, 3.8) is 0 Å². The molecular weight excluding hydrogens is 783 g/mol. The molecule has 312 valence electrons. The summed E-state index contributed by atoms with van der Waals surface area (Å²) >= 11 is 0. The lowest BCUT2D eigenvalue weighted by Gasteiger charge is -2.30. The number of hydrogen-bond acceptors (Lipinski definition) is 5. The molecule has 0 unspecified atom stereocenters. The third-order valence-electron chi connectivity index (χ3n) is 12.1. The second-order valence-corrected chi connectivity index (χ2v) is 15.9. The predicted octanol–water partition coefficient (Wildman–Crippen LogP) is 13.2. The summed E-state index contributed by atoms with van der Waals surface area (Å²) < 4.78 is 4.61. The molecule has 0 fully saturated rings. The van der Waals surface area contributed by atoms with Gasteiger partial charge in [-0.15, -0.1) is 0 Å². The molecular formula is C57H49N7. The van der Waals surface area contributed by atoms with Crippen LogP contribution < -0.4 is 27.6 Å². The standard InChI is InChI=1S/C52H39N7.C5H10/c53-49-41-17-1-2-18-42(41)50(54)52(59(55)36-31-29-35(30-32-36)58-47-23-11-7-15-39(47)40-16-8-12-24-48(40)58)44-20-4-3-19-43(44)51(49)56-33-25-27-34(28-26-33)57-45-21-9-5-13-37(45)38-14-6-10-22-46(38)57;1-3-5-4-2/h1-32,56H,53-55H2;3,5H,4H2,1-2H3/b49-41?,50-42?,51-43?,51-49-,52-44?,52-50-;5-3-. The third-order valence-corrected chi connectivity index (χ3v) is 12.1. The Morgan fingerprint density at radius 2 is 0.859 bits per heavy atom. The first kappa shape index (κ1) is 39.9. The molecule has 1 aliphatic carbocycles. The molecule has 10 aromatic rings. The van der Waals surface area contributed by atoms with Crippen molar-refractivity contribution in [2.24, 2.45) is 17.3 Å². The number of aromatic nitrogens is 2. The SMILES string of the molecule is C/C=C\CC.N/C1=C(\Nc2ccc(-n3c4ccccc4c4ccccc43)cc2)c2ccccc2/C(N(N)c2ccc(-n3c4ccccc4c4ccccc43)cc2)=C(/N)c2ccccc21. The number of para-hydroxylation sites is 4. The van der Waals surface area contributed by atoms with Gasteiger partial charge < -0.3 is 25.9 Å². The van der Waals surface area contributed by atoms with Gasteiger partial charge in [0.1, 0.15) is 0 Å². The fraction of sp³-hybridized carbons (Fsp3) is 0.0526. The van der Waals surface area contributed by atoms with E-state index in [1.807, 2.05) is 43.3 Å². The maximum absolute atomic E-state index is 7.20. The number of hydrazine groups is 1. The Morgan fingerprint density at radius 3 is 1.30 bits per heavy atom. The maximum atomic E-state index is 7.20. The van der Waals surface area contributed by atoms with Crippen molar-refractivity contribution in [1.82, 2.24) is 9.13 Å². The molecule has 0 saturated heterocycles. The van der Waals surface area contributed by atoms with E-state index in [1.54, 1.807) is 5.01 Å². The van der Waals surface area contributed by atoms with E-state index >= 15 is 0 Å². The van der Waals surface area contributed by atoms with Crippen molar-refractivity contribution >= 4 is 77.8 Å². The summed E-state index contributed by atoms with van der Waals surface area (Å²) in [5, 5.41) is 10.3. The Labute approximate surface area is 373 Å². The van der Waals surface area contributed by atoms with Gasteiger partial charge in [0.2, 0.25) is 0 Å². The Hall–Kier alpha value is -8.26. The lowest BCUT2D eigenvalue weighted by atomic mass is 9.90. The van der Waals surface area contributed by atoms with Gasteiger partial charge in [0.05, 0.1) is 50.5 Å². The zero-order chi connectivity index (χ0) is 43.7. The summed E-state index contributed by atoms with van der Waals surface area (Å²) in [6.07, 6.45) is 5.34. The highest BCUT2D eigenvalue weighted by Gasteiger charge is 2.27. The monoisotopic (exact) mass is 831 g/mol. The molecule has 0 saturated carbocycles. The molecule has 0 atom stereocenters. The number of hydrogen-bond donors (Lipinski definition) is 4. The summed E-state index contributed by atoms with van der Waals surface area (Å²) in [7, 11) is 0. The second kappa shape index (κ2) is 16.9. The lowest BCUT2D eigenvalue weighted by molar-refractivity contribution is 1.09. The minimum absolute atomic E-state index is 0.527. The van der Waals surface area contributed by atoms with E-state index in [1.165, 1.54) is 21.5 Å². The topological polar surface area (TPSA) is 103 Å². The molecule has 2 aromatic heterocycles. The highest BCUT2D eigenvalue weighted by atomic mass is 15.4. The van der Waals surface area contributed by atoms with Crippen LogP contribution in [0.4, 0.5) is 11.4 Å². The van der Waals surface area contributed by atoms with Crippen LogP contribution in [0, 0.1) is 0 Å². The fourth-order valence-electron chi connectivity index (χ4n) is 9.17.